The minimum Gasteiger partial charge on any atom is -0.497 e. The molecule has 0 bridgehead atoms. The molecule has 4 rings (SSSR count). The summed E-state index contributed by atoms with van der Waals surface area (Å²) < 4.78 is 13.3. The van der Waals surface area contributed by atoms with E-state index >= 15 is 0 Å². The van der Waals surface area contributed by atoms with Crippen molar-refractivity contribution in [3.63, 3.8) is 0 Å². The van der Waals surface area contributed by atoms with E-state index in [4.69, 9.17) is 9.47 Å². The van der Waals surface area contributed by atoms with E-state index < -0.39 is 0 Å². The first-order chi connectivity index (χ1) is 12.7. The van der Waals surface area contributed by atoms with Crippen LogP contribution in [0.2, 0.25) is 0 Å². The lowest BCUT2D eigenvalue weighted by atomic mass is 10.2. The Morgan fingerprint density at radius 2 is 1.88 bits per heavy atom. The Labute approximate surface area is 156 Å². The number of benzene rings is 2. The zero-order valence-corrected chi connectivity index (χ0v) is 15.8. The highest BCUT2D eigenvalue weighted by Gasteiger charge is 2.14. The average Bonchev–Trinajstić information content (AvgIpc) is 3.01. The van der Waals surface area contributed by atoms with Gasteiger partial charge in [0.1, 0.15) is 11.5 Å². The maximum Gasteiger partial charge on any atom is 0.124 e. The molecule has 5 heteroatoms. The van der Waals surface area contributed by atoms with Gasteiger partial charge in [0.25, 0.3) is 0 Å². The van der Waals surface area contributed by atoms with Crippen LogP contribution in [0.5, 0.6) is 11.5 Å². The van der Waals surface area contributed by atoms with E-state index in [1.54, 1.807) is 26.0 Å². The first-order valence-electron chi connectivity index (χ1n) is 8.37. The van der Waals surface area contributed by atoms with Gasteiger partial charge >= 0.3 is 0 Å². The molecule has 26 heavy (non-hydrogen) atoms. The number of hydrogen-bond acceptors (Lipinski definition) is 4. The van der Waals surface area contributed by atoms with E-state index in [0.717, 1.165) is 45.5 Å². The molecule has 0 aliphatic heterocycles. The van der Waals surface area contributed by atoms with E-state index in [2.05, 4.69) is 52.2 Å². The minimum absolute atomic E-state index is 0.718. The van der Waals surface area contributed by atoms with E-state index in [1.807, 2.05) is 18.3 Å². The Morgan fingerprint density at radius 1 is 1.00 bits per heavy atom. The third-order valence-electron chi connectivity index (χ3n) is 4.65. The fourth-order valence-corrected chi connectivity index (χ4v) is 3.77. The topological polar surface area (TPSA) is 36.3 Å². The molecule has 0 aliphatic rings. The molecule has 0 N–H and O–H groups in total. The van der Waals surface area contributed by atoms with Crippen LogP contribution in [0.15, 0.2) is 59.6 Å². The van der Waals surface area contributed by atoms with Crippen LogP contribution < -0.4 is 9.47 Å². The summed E-state index contributed by atoms with van der Waals surface area (Å²) in [4.78, 5) is 5.80. The van der Waals surface area contributed by atoms with Gasteiger partial charge in [-0.2, -0.15) is 0 Å². The van der Waals surface area contributed by atoms with Crippen LogP contribution in [-0.2, 0) is 6.54 Å². The van der Waals surface area contributed by atoms with Crippen LogP contribution in [-0.4, -0.2) is 30.0 Å². The van der Waals surface area contributed by atoms with Gasteiger partial charge in [0.05, 0.1) is 37.3 Å². The Morgan fingerprint density at radius 3 is 2.65 bits per heavy atom. The quantitative estimate of drug-likeness (QED) is 0.468. The standard InChI is InChI=1S/C21H20N2O2S/c1-24-15-7-9-18-17(11-15)21-19(5-4-10-22-21)23(18)13-14-6-8-16(26-3)12-20(14)25-2/h4-12H,13H2,1-3H3. The highest BCUT2D eigenvalue weighted by molar-refractivity contribution is 7.98. The number of ether oxygens (including phenoxy) is 2. The van der Waals surface area contributed by atoms with Crippen LogP contribution in [0.1, 0.15) is 5.56 Å². The fraction of sp³-hybridized carbons (Fsp3) is 0.190. The minimum atomic E-state index is 0.718. The monoisotopic (exact) mass is 364 g/mol. The molecule has 2 aromatic heterocycles. The molecule has 0 saturated heterocycles. The molecule has 132 valence electrons. The Kier molecular flexibility index (Phi) is 4.47. The van der Waals surface area contributed by atoms with E-state index in [1.165, 1.54) is 4.90 Å². The predicted octanol–water partition coefficient (Wildman–Crippen LogP) is 4.98. The first kappa shape index (κ1) is 16.8. The number of rotatable bonds is 5. The van der Waals surface area contributed by atoms with Crippen molar-refractivity contribution >= 4 is 33.7 Å². The summed E-state index contributed by atoms with van der Waals surface area (Å²) in [6.07, 6.45) is 3.90. The smallest absolute Gasteiger partial charge is 0.124 e. The van der Waals surface area contributed by atoms with Crippen LogP contribution in [0, 0.1) is 0 Å². The number of aromatic nitrogens is 2. The molecule has 4 aromatic rings. The van der Waals surface area contributed by atoms with Crippen LogP contribution >= 0.6 is 11.8 Å². The second-order valence-electron chi connectivity index (χ2n) is 6.02. The molecular formula is C21H20N2O2S. The zero-order chi connectivity index (χ0) is 18.1. The van der Waals surface area contributed by atoms with E-state index in [-0.39, 0.29) is 0 Å². The summed E-state index contributed by atoms with van der Waals surface area (Å²) >= 11 is 1.71. The molecule has 2 aromatic carbocycles. The van der Waals surface area contributed by atoms with Crippen molar-refractivity contribution in [3.8, 4) is 11.5 Å². The van der Waals surface area contributed by atoms with Crippen LogP contribution in [0.25, 0.3) is 21.9 Å². The maximum absolute atomic E-state index is 5.63. The number of methoxy groups -OCH3 is 2. The van der Waals surface area contributed by atoms with Gasteiger partial charge in [0.2, 0.25) is 0 Å². The van der Waals surface area contributed by atoms with Crippen LogP contribution in [0.4, 0.5) is 0 Å². The van der Waals surface area contributed by atoms with Crippen molar-refractivity contribution in [2.45, 2.75) is 11.4 Å². The lowest BCUT2D eigenvalue weighted by Gasteiger charge is -2.13. The van der Waals surface area contributed by atoms with Crippen molar-refractivity contribution in [1.29, 1.82) is 0 Å². The van der Waals surface area contributed by atoms with Gasteiger partial charge in [-0.3, -0.25) is 4.98 Å². The molecule has 0 spiro atoms. The van der Waals surface area contributed by atoms with Crippen molar-refractivity contribution < 1.29 is 9.47 Å². The summed E-state index contributed by atoms with van der Waals surface area (Å²) in [7, 11) is 3.41. The number of thioether (sulfide) groups is 1. The normalized spacial score (nSPS) is 11.2. The largest absolute Gasteiger partial charge is 0.497 e. The van der Waals surface area contributed by atoms with Crippen LogP contribution in [0.3, 0.4) is 0 Å². The predicted molar refractivity (Wildman–Crippen MR) is 108 cm³/mol. The molecule has 4 nitrogen and oxygen atoms in total. The van der Waals surface area contributed by atoms with E-state index in [9.17, 15) is 0 Å². The molecule has 0 amide bonds. The van der Waals surface area contributed by atoms with Gasteiger partial charge in [-0.05, 0) is 48.7 Å². The molecule has 0 saturated carbocycles. The zero-order valence-electron chi connectivity index (χ0n) is 15.0. The Hall–Kier alpha value is -2.66. The first-order valence-corrected chi connectivity index (χ1v) is 9.59. The van der Waals surface area contributed by atoms with Gasteiger partial charge in [0.15, 0.2) is 0 Å². The second-order valence-corrected chi connectivity index (χ2v) is 6.90. The molecule has 0 aliphatic carbocycles. The van der Waals surface area contributed by atoms with Gasteiger partial charge in [-0.1, -0.05) is 6.07 Å². The summed E-state index contributed by atoms with van der Waals surface area (Å²) in [5, 5.41) is 1.10. The third kappa shape index (κ3) is 2.78. The average molecular weight is 364 g/mol. The number of pyridine rings is 1. The summed E-state index contributed by atoms with van der Waals surface area (Å²) in [5.74, 6) is 1.74. The molecule has 0 radical (unpaired) electrons. The van der Waals surface area contributed by atoms with Gasteiger partial charge < -0.3 is 14.0 Å². The molecule has 0 fully saturated rings. The van der Waals surface area contributed by atoms with E-state index in [0.29, 0.717) is 0 Å². The Balaban J connectivity index is 1.91. The summed E-state index contributed by atoms with van der Waals surface area (Å²) in [6, 6.07) is 16.6. The third-order valence-corrected chi connectivity index (χ3v) is 5.37. The second kappa shape index (κ2) is 6.92. The van der Waals surface area contributed by atoms with Crippen molar-refractivity contribution in [2.75, 3.05) is 20.5 Å². The van der Waals surface area contributed by atoms with Gasteiger partial charge in [0, 0.05) is 22.0 Å². The highest BCUT2D eigenvalue weighted by Crippen LogP contribution is 2.33. The highest BCUT2D eigenvalue weighted by atomic mass is 32.2. The van der Waals surface area contributed by atoms with Crippen molar-refractivity contribution in [2.24, 2.45) is 0 Å². The maximum atomic E-state index is 5.63. The number of hydrogen-bond donors (Lipinski definition) is 0. The Bertz CT molecular complexity index is 1090. The SMILES string of the molecule is COc1ccc2c(c1)c1ncccc1n2Cc1ccc(SC)cc1OC. The summed E-state index contributed by atoms with van der Waals surface area (Å²) in [5.41, 5.74) is 4.37. The molecule has 0 unspecified atom stereocenters. The van der Waals surface area contributed by atoms with Gasteiger partial charge in [-0.25, -0.2) is 0 Å². The summed E-state index contributed by atoms with van der Waals surface area (Å²) in [6.45, 7) is 0.718. The molecule has 2 heterocycles. The van der Waals surface area contributed by atoms with Crippen molar-refractivity contribution in [3.05, 3.63) is 60.3 Å². The fourth-order valence-electron chi connectivity index (χ4n) is 3.34. The lowest BCUT2D eigenvalue weighted by Crippen LogP contribution is -2.02. The number of fused-ring (bicyclic) bond motifs is 3. The molecule has 0 atom stereocenters. The van der Waals surface area contributed by atoms with Crippen molar-refractivity contribution in [1.82, 2.24) is 9.55 Å². The lowest BCUT2D eigenvalue weighted by molar-refractivity contribution is 0.407. The number of nitrogens with zero attached hydrogens (tertiary/aromatic N) is 2. The van der Waals surface area contributed by atoms with Gasteiger partial charge in [-0.15, -0.1) is 11.8 Å². The molecular weight excluding hydrogens is 344 g/mol.